The van der Waals surface area contributed by atoms with E-state index in [2.05, 4.69) is 23.3 Å². The third kappa shape index (κ3) is 3.28. The molecule has 0 saturated carbocycles. The average Bonchev–Trinajstić information content (AvgIpc) is 3.06. The van der Waals surface area contributed by atoms with Gasteiger partial charge in [0.05, 0.1) is 11.0 Å². The van der Waals surface area contributed by atoms with E-state index in [0.717, 1.165) is 45.0 Å². The van der Waals surface area contributed by atoms with Crippen molar-refractivity contribution >= 4 is 27.7 Å². The third-order valence-corrected chi connectivity index (χ3v) is 4.64. The summed E-state index contributed by atoms with van der Waals surface area (Å²) >= 11 is 0. The van der Waals surface area contributed by atoms with Gasteiger partial charge in [0.15, 0.2) is 0 Å². The first-order valence-corrected chi connectivity index (χ1v) is 9.25. The monoisotopic (exact) mass is 358 g/mol. The molecule has 0 aliphatic heterocycles. The van der Waals surface area contributed by atoms with E-state index in [9.17, 15) is 4.79 Å². The molecule has 0 unspecified atom stereocenters. The molecule has 0 spiro atoms. The molecule has 0 radical (unpaired) electrons. The molecule has 0 bridgehead atoms. The molecule has 4 aromatic rings. The molecule has 0 aliphatic carbocycles. The minimum Gasteiger partial charge on any atom is -0.355 e. The van der Waals surface area contributed by atoms with E-state index in [1.807, 2.05) is 60.3 Å². The van der Waals surface area contributed by atoms with Gasteiger partial charge in [0.1, 0.15) is 12.2 Å². The van der Waals surface area contributed by atoms with Crippen molar-refractivity contribution in [3.8, 4) is 11.3 Å². The number of nitrogens with one attached hydrogen (secondary N) is 1. The molecular weight excluding hydrogens is 336 g/mol. The topological polar surface area (TPSA) is 59.8 Å². The highest BCUT2D eigenvalue weighted by atomic mass is 16.2. The second-order valence-electron chi connectivity index (χ2n) is 6.76. The number of hydrogen-bond acceptors (Lipinski definition) is 3. The van der Waals surface area contributed by atoms with Crippen molar-refractivity contribution in [1.29, 1.82) is 0 Å². The highest BCUT2D eigenvalue weighted by Gasteiger charge is 2.17. The fraction of sp³-hybridized carbons (Fsp3) is 0.227. The first-order valence-electron chi connectivity index (χ1n) is 9.25. The Kier molecular flexibility index (Phi) is 4.59. The van der Waals surface area contributed by atoms with Gasteiger partial charge in [0.25, 0.3) is 0 Å². The number of carbonyl (C=O) groups excluding carboxylic acids is 1. The van der Waals surface area contributed by atoms with Crippen molar-refractivity contribution in [2.24, 2.45) is 0 Å². The molecule has 0 aliphatic rings. The number of pyridine rings is 1. The minimum absolute atomic E-state index is 0.0292. The predicted octanol–water partition coefficient (Wildman–Crippen LogP) is 4.09. The lowest BCUT2D eigenvalue weighted by Crippen LogP contribution is -2.28. The predicted molar refractivity (Wildman–Crippen MR) is 109 cm³/mol. The van der Waals surface area contributed by atoms with E-state index >= 15 is 0 Å². The van der Waals surface area contributed by atoms with Gasteiger partial charge in [-0.3, -0.25) is 14.5 Å². The van der Waals surface area contributed by atoms with Gasteiger partial charge >= 0.3 is 0 Å². The Labute approximate surface area is 158 Å². The Morgan fingerprint density at radius 2 is 1.93 bits per heavy atom. The van der Waals surface area contributed by atoms with Crippen LogP contribution in [0.4, 0.5) is 0 Å². The Hall–Kier alpha value is -3.21. The molecular formula is C22H22N4O. The zero-order valence-corrected chi connectivity index (χ0v) is 15.6. The number of aryl methyl sites for hydroxylation is 1. The van der Waals surface area contributed by atoms with Gasteiger partial charge in [0.2, 0.25) is 5.91 Å². The van der Waals surface area contributed by atoms with Crippen LogP contribution in [0.2, 0.25) is 0 Å². The van der Waals surface area contributed by atoms with Gasteiger partial charge in [-0.1, -0.05) is 48.9 Å². The fourth-order valence-corrected chi connectivity index (χ4v) is 3.35. The standard InChI is InChI=1S/C22H22N4O/c1-3-11-23-20(27)14-26-22-17-12-15(2)9-10-19(17)24-13-18(22)21(25-26)16-7-5-4-6-8-16/h4-10,12-13H,3,11,14H2,1-2H3,(H,23,27). The summed E-state index contributed by atoms with van der Waals surface area (Å²) in [5, 5.41) is 9.72. The highest BCUT2D eigenvalue weighted by Crippen LogP contribution is 2.32. The molecule has 5 heteroatoms. The molecule has 0 saturated heterocycles. The lowest BCUT2D eigenvalue weighted by molar-refractivity contribution is -0.121. The minimum atomic E-state index is -0.0292. The molecule has 2 aromatic carbocycles. The van der Waals surface area contributed by atoms with Gasteiger partial charge in [0, 0.05) is 29.1 Å². The number of carbonyl (C=O) groups is 1. The van der Waals surface area contributed by atoms with E-state index in [1.165, 1.54) is 0 Å². The largest absolute Gasteiger partial charge is 0.355 e. The molecule has 1 amide bonds. The molecule has 2 aromatic heterocycles. The van der Waals surface area contributed by atoms with Crippen LogP contribution in [0.3, 0.4) is 0 Å². The number of aromatic nitrogens is 3. The highest BCUT2D eigenvalue weighted by molar-refractivity contribution is 6.08. The number of benzene rings is 2. The van der Waals surface area contributed by atoms with E-state index < -0.39 is 0 Å². The van der Waals surface area contributed by atoms with Gasteiger partial charge in [-0.2, -0.15) is 5.10 Å². The van der Waals surface area contributed by atoms with Gasteiger partial charge < -0.3 is 5.32 Å². The second kappa shape index (κ2) is 7.19. The zero-order chi connectivity index (χ0) is 18.8. The maximum Gasteiger partial charge on any atom is 0.241 e. The van der Waals surface area contributed by atoms with Crippen molar-refractivity contribution in [3.05, 3.63) is 60.3 Å². The van der Waals surface area contributed by atoms with Crippen LogP contribution in [0, 0.1) is 6.92 Å². The Balaban J connectivity index is 1.94. The van der Waals surface area contributed by atoms with Crippen LogP contribution >= 0.6 is 0 Å². The Morgan fingerprint density at radius 3 is 2.70 bits per heavy atom. The summed E-state index contributed by atoms with van der Waals surface area (Å²) in [5.41, 5.74) is 4.88. The number of hydrogen-bond donors (Lipinski definition) is 1. The van der Waals surface area contributed by atoms with Crippen molar-refractivity contribution in [2.75, 3.05) is 6.54 Å². The molecule has 1 N–H and O–H groups in total. The summed E-state index contributed by atoms with van der Waals surface area (Å²) in [4.78, 5) is 17.0. The fourth-order valence-electron chi connectivity index (χ4n) is 3.35. The van der Waals surface area contributed by atoms with Crippen LogP contribution in [-0.2, 0) is 11.3 Å². The molecule has 0 atom stereocenters. The summed E-state index contributed by atoms with van der Waals surface area (Å²) in [6, 6.07) is 16.2. The molecule has 5 nitrogen and oxygen atoms in total. The van der Waals surface area contributed by atoms with Crippen LogP contribution in [0.25, 0.3) is 33.1 Å². The summed E-state index contributed by atoms with van der Waals surface area (Å²) < 4.78 is 1.81. The van der Waals surface area contributed by atoms with E-state index in [0.29, 0.717) is 6.54 Å². The van der Waals surface area contributed by atoms with Crippen LogP contribution in [-0.4, -0.2) is 27.2 Å². The lowest BCUT2D eigenvalue weighted by Gasteiger charge is -2.07. The zero-order valence-electron chi connectivity index (χ0n) is 15.6. The molecule has 4 rings (SSSR count). The maximum atomic E-state index is 12.4. The maximum absolute atomic E-state index is 12.4. The van der Waals surface area contributed by atoms with Crippen molar-refractivity contribution in [3.63, 3.8) is 0 Å². The quantitative estimate of drug-likeness (QED) is 0.585. The van der Waals surface area contributed by atoms with Crippen molar-refractivity contribution in [1.82, 2.24) is 20.1 Å². The average molecular weight is 358 g/mol. The summed E-state index contributed by atoms with van der Waals surface area (Å²) in [6.07, 6.45) is 2.77. The van der Waals surface area contributed by atoms with Crippen LogP contribution in [0.15, 0.2) is 54.7 Å². The van der Waals surface area contributed by atoms with Crippen LogP contribution in [0.5, 0.6) is 0 Å². The number of amides is 1. The number of rotatable bonds is 5. The second-order valence-corrected chi connectivity index (χ2v) is 6.76. The first kappa shape index (κ1) is 17.2. The molecule has 136 valence electrons. The molecule has 2 heterocycles. The van der Waals surface area contributed by atoms with Crippen LogP contribution in [0.1, 0.15) is 18.9 Å². The van der Waals surface area contributed by atoms with E-state index in [4.69, 9.17) is 5.10 Å². The smallest absolute Gasteiger partial charge is 0.241 e. The SMILES string of the molecule is CCCNC(=O)Cn1nc(-c2ccccc2)c2cnc3ccc(C)cc3c21. The number of nitrogens with zero attached hydrogens (tertiary/aromatic N) is 3. The van der Waals surface area contributed by atoms with Gasteiger partial charge in [-0.05, 0) is 25.5 Å². The Morgan fingerprint density at radius 1 is 1.11 bits per heavy atom. The molecule has 0 fully saturated rings. The lowest BCUT2D eigenvalue weighted by atomic mass is 10.1. The summed E-state index contributed by atoms with van der Waals surface area (Å²) in [5.74, 6) is -0.0292. The summed E-state index contributed by atoms with van der Waals surface area (Å²) in [7, 11) is 0. The first-order chi connectivity index (χ1) is 13.2. The van der Waals surface area contributed by atoms with Gasteiger partial charge in [-0.15, -0.1) is 0 Å². The van der Waals surface area contributed by atoms with Crippen molar-refractivity contribution < 1.29 is 4.79 Å². The third-order valence-electron chi connectivity index (χ3n) is 4.64. The molecule has 27 heavy (non-hydrogen) atoms. The van der Waals surface area contributed by atoms with E-state index in [-0.39, 0.29) is 12.5 Å². The Bertz CT molecular complexity index is 1120. The van der Waals surface area contributed by atoms with Crippen molar-refractivity contribution in [2.45, 2.75) is 26.8 Å². The van der Waals surface area contributed by atoms with Crippen LogP contribution < -0.4 is 5.32 Å². The van der Waals surface area contributed by atoms with E-state index in [1.54, 1.807) is 0 Å². The number of fused-ring (bicyclic) bond motifs is 3. The van der Waals surface area contributed by atoms with Gasteiger partial charge in [-0.25, -0.2) is 0 Å². The summed E-state index contributed by atoms with van der Waals surface area (Å²) in [6.45, 7) is 4.96. The normalized spacial score (nSPS) is 11.2.